The lowest BCUT2D eigenvalue weighted by atomic mass is 9.96. The monoisotopic (exact) mass is 1040 g/mol. The Kier molecular flexibility index (Phi) is 14.3. The number of anilines is 2. The molecule has 73 heavy (non-hydrogen) atoms. The number of nitrogens with zero attached hydrogens (tertiary/aromatic N) is 8. The Hall–Kier alpha value is -7.49. The number of halogens is 7. The summed E-state index contributed by atoms with van der Waals surface area (Å²) >= 11 is 12.2. The van der Waals surface area contributed by atoms with Crippen molar-refractivity contribution in [3.63, 3.8) is 0 Å². The highest BCUT2D eigenvalue weighted by molar-refractivity contribution is 6.31. The zero-order valence-corrected chi connectivity index (χ0v) is 40.0. The number of hydrogen-bond acceptors (Lipinski definition) is 12. The quantitative estimate of drug-likeness (QED) is 0.0950. The number of aromatic nitrogens is 8. The van der Waals surface area contributed by atoms with E-state index in [-0.39, 0.29) is 53.9 Å². The van der Waals surface area contributed by atoms with Crippen molar-refractivity contribution in [3.05, 3.63) is 135 Å². The van der Waals surface area contributed by atoms with Crippen LogP contribution in [0.5, 0.6) is 5.75 Å². The highest BCUT2D eigenvalue weighted by Gasteiger charge is 2.30. The molecule has 9 heterocycles. The molecule has 2 saturated heterocycles. The van der Waals surface area contributed by atoms with Gasteiger partial charge in [0.1, 0.15) is 34.5 Å². The van der Waals surface area contributed by atoms with Crippen LogP contribution in [0.4, 0.5) is 33.6 Å². The Balaban J connectivity index is 0.000000168. The molecule has 3 aliphatic rings. The summed E-state index contributed by atoms with van der Waals surface area (Å²) in [6, 6.07) is 8.78. The van der Waals surface area contributed by atoms with Gasteiger partial charge in [-0.2, -0.15) is 0 Å². The molecule has 23 heteroatoms. The van der Waals surface area contributed by atoms with Gasteiger partial charge in [0, 0.05) is 103 Å². The summed E-state index contributed by atoms with van der Waals surface area (Å²) in [5.41, 5.74) is 3.19. The van der Waals surface area contributed by atoms with E-state index < -0.39 is 35.0 Å². The van der Waals surface area contributed by atoms with Crippen LogP contribution >= 0.6 is 23.2 Å². The summed E-state index contributed by atoms with van der Waals surface area (Å²) < 4.78 is 81.1. The fourth-order valence-corrected chi connectivity index (χ4v) is 9.57. The Bertz CT molecular complexity index is 3360. The lowest BCUT2D eigenvalue weighted by Gasteiger charge is -2.33. The number of benzene rings is 2. The molecule has 2 atom stereocenters. The lowest BCUT2D eigenvalue weighted by molar-refractivity contribution is -0.0173. The number of aromatic amines is 2. The van der Waals surface area contributed by atoms with Crippen molar-refractivity contribution < 1.29 is 41.0 Å². The fourth-order valence-electron chi connectivity index (χ4n) is 9.25. The van der Waals surface area contributed by atoms with E-state index in [0.717, 1.165) is 61.7 Å². The van der Waals surface area contributed by atoms with Gasteiger partial charge < -0.3 is 39.9 Å². The third-order valence-corrected chi connectivity index (χ3v) is 13.1. The van der Waals surface area contributed by atoms with E-state index in [1.165, 1.54) is 24.5 Å². The van der Waals surface area contributed by atoms with Gasteiger partial charge in [-0.3, -0.25) is 9.59 Å². The number of H-pyrrole nitrogens is 2. The number of likely N-dealkylation sites (tertiary alicyclic amines) is 2. The van der Waals surface area contributed by atoms with E-state index >= 15 is 0 Å². The minimum Gasteiger partial charge on any atom is -0.466 e. The molecule has 11 rings (SSSR count). The van der Waals surface area contributed by atoms with E-state index in [4.69, 9.17) is 32.7 Å². The average molecular weight is 1040 g/mol. The van der Waals surface area contributed by atoms with Gasteiger partial charge in [-0.15, -0.1) is 0 Å². The molecule has 0 saturated carbocycles. The van der Waals surface area contributed by atoms with Gasteiger partial charge in [-0.25, -0.2) is 51.9 Å². The smallest absolute Gasteiger partial charge is 0.257 e. The largest absolute Gasteiger partial charge is 0.466 e. The second-order valence-electron chi connectivity index (χ2n) is 17.8. The molecule has 6 aromatic heterocycles. The van der Waals surface area contributed by atoms with E-state index in [1.54, 1.807) is 34.3 Å². The van der Waals surface area contributed by atoms with Crippen molar-refractivity contribution >= 4 is 68.7 Å². The van der Waals surface area contributed by atoms with Crippen LogP contribution < -0.4 is 15.4 Å². The molecule has 16 nitrogen and oxygen atoms in total. The summed E-state index contributed by atoms with van der Waals surface area (Å²) in [5.74, 6) is -2.90. The molecule has 0 aliphatic carbocycles. The van der Waals surface area contributed by atoms with Crippen LogP contribution in [-0.4, -0.2) is 108 Å². The Morgan fingerprint density at radius 3 is 1.73 bits per heavy atom. The number of piperidine rings is 2. The molecular weight excluding hydrogens is 999 g/mol. The predicted octanol–water partition coefficient (Wildman–Crippen LogP) is 9.84. The van der Waals surface area contributed by atoms with Crippen molar-refractivity contribution in [2.75, 3.05) is 56.7 Å². The zero-order valence-electron chi connectivity index (χ0n) is 38.5. The number of ether oxygens (including phenoxy) is 2. The second-order valence-corrected chi connectivity index (χ2v) is 18.6. The number of pyridine rings is 2. The van der Waals surface area contributed by atoms with Gasteiger partial charge in [0.05, 0.1) is 34.6 Å². The van der Waals surface area contributed by atoms with Gasteiger partial charge in [0.15, 0.2) is 41.7 Å². The van der Waals surface area contributed by atoms with Crippen molar-refractivity contribution in [1.29, 1.82) is 0 Å². The number of carbonyl (C=O) groups is 2. The molecule has 2 aromatic carbocycles. The van der Waals surface area contributed by atoms with Crippen LogP contribution in [0.3, 0.4) is 0 Å². The summed E-state index contributed by atoms with van der Waals surface area (Å²) in [5, 5.41) is 8.47. The SMILES string of the molecule is O=C(c1cc(F)cc(F)c1)N1CCC[C@H](CNc2nc(-c3c[nH]c4ncc(Cl)cc34)ncc2F)C1.O=C(c1cc(F)cc2c1OCOC2)N1CCC[C@H](CNc2nc(-c3c[nH]c4ncc(Cl)cc34)ncc2F)C1. The summed E-state index contributed by atoms with van der Waals surface area (Å²) in [4.78, 5) is 60.8. The van der Waals surface area contributed by atoms with Gasteiger partial charge >= 0.3 is 0 Å². The minimum atomic E-state index is -0.799. The highest BCUT2D eigenvalue weighted by Crippen LogP contribution is 2.33. The fraction of sp³-hybridized carbons (Fsp3) is 0.280. The van der Waals surface area contributed by atoms with Gasteiger partial charge in [0.25, 0.3) is 11.8 Å². The van der Waals surface area contributed by atoms with Crippen LogP contribution in [0.15, 0.2) is 79.6 Å². The first-order chi connectivity index (χ1) is 35.3. The first-order valence-corrected chi connectivity index (χ1v) is 24.0. The molecule has 376 valence electrons. The number of carbonyl (C=O) groups excluding carboxylic acids is 2. The van der Waals surface area contributed by atoms with Crippen LogP contribution in [0, 0.1) is 40.9 Å². The molecule has 3 aliphatic heterocycles. The molecule has 2 fully saturated rings. The van der Waals surface area contributed by atoms with Crippen LogP contribution in [0.25, 0.3) is 44.8 Å². The number of fused-ring (bicyclic) bond motifs is 3. The van der Waals surface area contributed by atoms with Crippen molar-refractivity contribution in [2.24, 2.45) is 11.8 Å². The molecule has 8 aromatic rings. The standard InChI is InChI=1S/C26H23ClF2N6O3.C24H20ClF3N6O/c27-16-5-18-20(9-32-23(18)31-8-16)24-33-10-21(29)25(34-24)30-7-14-2-1-3-35(11-14)26(36)19-6-17(28)4-15-12-37-13-38-22(15)19;25-15-6-18-19(10-31-21(18)30-9-15)22-32-11-20(28)23(33-22)29-8-13-2-1-3-34(12-13)24(35)14-4-16(26)7-17(27)5-14/h4-6,8-10,14H,1-3,7,11-13H2,(H,31,32)(H,30,33,34);4-7,9-11,13H,1-3,8,12H2,(H,30,31)(H,29,32,33)/t14-;13-/m11/s1. The number of rotatable bonds is 10. The van der Waals surface area contributed by atoms with Crippen LogP contribution in [-0.2, 0) is 11.3 Å². The molecule has 0 radical (unpaired) electrons. The number of amides is 2. The Morgan fingerprint density at radius 1 is 0.658 bits per heavy atom. The maximum atomic E-state index is 14.6. The predicted molar refractivity (Wildman–Crippen MR) is 261 cm³/mol. The minimum absolute atomic E-state index is 0.0000156. The summed E-state index contributed by atoms with van der Waals surface area (Å²) in [6.45, 7) is 2.78. The van der Waals surface area contributed by atoms with Gasteiger partial charge in [-0.05, 0) is 73.9 Å². The van der Waals surface area contributed by atoms with E-state index in [2.05, 4.69) is 50.5 Å². The molecule has 0 unspecified atom stereocenters. The number of nitrogens with one attached hydrogen (secondary N) is 4. The van der Waals surface area contributed by atoms with Crippen molar-refractivity contribution in [1.82, 2.24) is 49.7 Å². The Labute approximate surface area is 422 Å². The Morgan fingerprint density at radius 2 is 1.18 bits per heavy atom. The average Bonchev–Trinajstić information content (AvgIpc) is 4.01. The lowest BCUT2D eigenvalue weighted by Crippen LogP contribution is -2.42. The van der Waals surface area contributed by atoms with Gasteiger partial charge in [-0.1, -0.05) is 23.2 Å². The summed E-state index contributed by atoms with van der Waals surface area (Å²) in [7, 11) is 0. The maximum Gasteiger partial charge on any atom is 0.257 e. The summed E-state index contributed by atoms with van der Waals surface area (Å²) in [6.07, 6.45) is 11.8. The van der Waals surface area contributed by atoms with Gasteiger partial charge in [0.2, 0.25) is 0 Å². The second kappa shape index (κ2) is 21.3. The topological polar surface area (TPSA) is 192 Å². The van der Waals surface area contributed by atoms with E-state index in [9.17, 15) is 31.5 Å². The molecule has 0 bridgehead atoms. The van der Waals surface area contributed by atoms with Crippen molar-refractivity contribution in [3.8, 4) is 28.5 Å². The zero-order chi connectivity index (χ0) is 50.8. The molecule has 2 amide bonds. The van der Waals surface area contributed by atoms with E-state index in [0.29, 0.717) is 100 Å². The first kappa shape index (κ1) is 49.1. The normalized spacial score (nSPS) is 16.6. The first-order valence-electron chi connectivity index (χ1n) is 23.2. The van der Waals surface area contributed by atoms with Crippen LogP contribution in [0.1, 0.15) is 52.0 Å². The molecule has 4 N–H and O–H groups in total. The van der Waals surface area contributed by atoms with Crippen molar-refractivity contribution in [2.45, 2.75) is 32.3 Å². The molecular formula is C50H43Cl2F5N12O4. The number of hydrogen-bond donors (Lipinski definition) is 4. The molecule has 0 spiro atoms. The third kappa shape index (κ3) is 11.0. The highest BCUT2D eigenvalue weighted by atomic mass is 35.5. The third-order valence-electron chi connectivity index (χ3n) is 12.7. The van der Waals surface area contributed by atoms with Crippen LogP contribution in [0.2, 0.25) is 10.0 Å². The maximum absolute atomic E-state index is 14.6. The van der Waals surface area contributed by atoms with E-state index in [1.807, 2.05) is 0 Å².